The van der Waals surface area contributed by atoms with Gasteiger partial charge in [-0.1, -0.05) is 12.8 Å². The standard InChI is InChI=1S/C20H27NO5/c1-12-10-14(21-18(23)26-19(2,3)4)11-15-16(12)17(22)25-20(5,24-15)9-8-13-6-7-13/h10-11,13H,6-9H2,1-5H3,(H,21,23). The molecule has 0 saturated heterocycles. The molecular weight excluding hydrogens is 334 g/mol. The summed E-state index contributed by atoms with van der Waals surface area (Å²) < 4.78 is 16.9. The first kappa shape index (κ1) is 18.5. The Morgan fingerprint density at radius 2 is 2.00 bits per heavy atom. The van der Waals surface area contributed by atoms with Gasteiger partial charge in [-0.3, -0.25) is 5.32 Å². The average Bonchev–Trinajstić information content (AvgIpc) is 3.25. The zero-order chi connectivity index (χ0) is 19.1. The Hall–Kier alpha value is -2.24. The molecule has 1 aromatic carbocycles. The van der Waals surface area contributed by atoms with Crippen molar-refractivity contribution in [1.29, 1.82) is 0 Å². The number of anilines is 1. The van der Waals surface area contributed by atoms with E-state index in [1.54, 1.807) is 46.8 Å². The lowest BCUT2D eigenvalue weighted by molar-refractivity contribution is -0.146. The van der Waals surface area contributed by atoms with Crippen LogP contribution in [0.15, 0.2) is 12.1 Å². The molecule has 1 amide bonds. The molecule has 0 radical (unpaired) electrons. The van der Waals surface area contributed by atoms with Gasteiger partial charge in [0, 0.05) is 25.1 Å². The van der Waals surface area contributed by atoms with Crippen molar-refractivity contribution in [2.45, 2.75) is 71.7 Å². The highest BCUT2D eigenvalue weighted by Crippen LogP contribution is 2.41. The molecule has 2 aliphatic rings. The minimum atomic E-state index is -0.969. The molecule has 1 aromatic rings. The summed E-state index contributed by atoms with van der Waals surface area (Å²) >= 11 is 0. The van der Waals surface area contributed by atoms with E-state index in [0.29, 0.717) is 29.0 Å². The van der Waals surface area contributed by atoms with Crippen LogP contribution in [0, 0.1) is 12.8 Å². The predicted octanol–water partition coefficient (Wildman–Crippen LogP) is 4.80. The number of amides is 1. The van der Waals surface area contributed by atoms with E-state index in [-0.39, 0.29) is 5.97 Å². The second-order valence-corrected chi connectivity index (χ2v) is 8.40. The van der Waals surface area contributed by atoms with E-state index in [9.17, 15) is 9.59 Å². The molecule has 1 unspecified atom stereocenters. The van der Waals surface area contributed by atoms with Crippen molar-refractivity contribution in [3.05, 3.63) is 23.3 Å². The third-order valence-corrected chi connectivity index (χ3v) is 4.49. The Morgan fingerprint density at radius 3 is 2.62 bits per heavy atom. The molecule has 1 aliphatic carbocycles. The largest absolute Gasteiger partial charge is 0.452 e. The second kappa shape index (κ2) is 6.49. The summed E-state index contributed by atoms with van der Waals surface area (Å²) in [7, 11) is 0. The van der Waals surface area contributed by atoms with Crippen LogP contribution in [0.2, 0.25) is 0 Å². The topological polar surface area (TPSA) is 73.9 Å². The maximum atomic E-state index is 12.5. The summed E-state index contributed by atoms with van der Waals surface area (Å²) in [6.07, 6.45) is 3.57. The van der Waals surface area contributed by atoms with Crippen LogP contribution in [0.5, 0.6) is 5.75 Å². The van der Waals surface area contributed by atoms with E-state index in [4.69, 9.17) is 14.2 Å². The van der Waals surface area contributed by atoms with Crippen molar-refractivity contribution < 1.29 is 23.8 Å². The number of hydrogen-bond donors (Lipinski definition) is 1. The molecular formula is C20H27NO5. The average molecular weight is 361 g/mol. The van der Waals surface area contributed by atoms with E-state index in [1.165, 1.54) is 12.8 Å². The first-order chi connectivity index (χ1) is 12.0. The highest BCUT2D eigenvalue weighted by molar-refractivity contribution is 5.97. The molecule has 1 saturated carbocycles. The van der Waals surface area contributed by atoms with Crippen molar-refractivity contribution in [2.75, 3.05) is 5.32 Å². The number of ether oxygens (including phenoxy) is 3. The second-order valence-electron chi connectivity index (χ2n) is 8.40. The molecule has 3 rings (SSSR count). The Bertz CT molecular complexity index is 732. The van der Waals surface area contributed by atoms with Gasteiger partial charge < -0.3 is 14.2 Å². The maximum Gasteiger partial charge on any atom is 0.412 e. The first-order valence-electron chi connectivity index (χ1n) is 9.12. The summed E-state index contributed by atoms with van der Waals surface area (Å²) in [5.41, 5.74) is 1.02. The van der Waals surface area contributed by atoms with Crippen molar-refractivity contribution in [3.8, 4) is 5.75 Å². The van der Waals surface area contributed by atoms with Gasteiger partial charge in [-0.25, -0.2) is 9.59 Å². The fourth-order valence-corrected chi connectivity index (χ4v) is 3.07. The third kappa shape index (κ3) is 4.48. The lowest BCUT2D eigenvalue weighted by atomic mass is 10.0. The number of fused-ring (bicyclic) bond motifs is 1. The minimum Gasteiger partial charge on any atom is -0.452 e. The highest BCUT2D eigenvalue weighted by Gasteiger charge is 2.40. The van der Waals surface area contributed by atoms with Gasteiger partial charge in [0.05, 0.1) is 0 Å². The van der Waals surface area contributed by atoms with Crippen LogP contribution in [0.25, 0.3) is 0 Å². The van der Waals surface area contributed by atoms with Gasteiger partial charge in [-0.05, 0) is 51.7 Å². The van der Waals surface area contributed by atoms with Crippen LogP contribution >= 0.6 is 0 Å². The van der Waals surface area contributed by atoms with Crippen LogP contribution in [-0.4, -0.2) is 23.5 Å². The molecule has 6 heteroatoms. The summed E-state index contributed by atoms with van der Waals surface area (Å²) in [6, 6.07) is 3.36. The van der Waals surface area contributed by atoms with E-state index in [1.807, 2.05) is 0 Å². The molecule has 6 nitrogen and oxygen atoms in total. The number of nitrogens with one attached hydrogen (secondary N) is 1. The number of hydrogen-bond acceptors (Lipinski definition) is 5. The van der Waals surface area contributed by atoms with Gasteiger partial charge in [-0.15, -0.1) is 0 Å². The predicted molar refractivity (Wildman–Crippen MR) is 97.4 cm³/mol. The molecule has 1 aliphatic heterocycles. The number of rotatable bonds is 4. The van der Waals surface area contributed by atoms with Crippen LogP contribution in [0.1, 0.15) is 69.3 Å². The van der Waals surface area contributed by atoms with E-state index < -0.39 is 17.5 Å². The Labute approximate surface area is 154 Å². The van der Waals surface area contributed by atoms with Gasteiger partial charge in [0.15, 0.2) is 0 Å². The molecule has 1 atom stereocenters. The van der Waals surface area contributed by atoms with E-state index in [2.05, 4.69) is 5.32 Å². The molecule has 0 spiro atoms. The minimum absolute atomic E-state index is 0.383. The van der Waals surface area contributed by atoms with E-state index >= 15 is 0 Å². The number of carbonyl (C=O) groups is 2. The van der Waals surface area contributed by atoms with E-state index in [0.717, 1.165) is 12.3 Å². The highest BCUT2D eigenvalue weighted by atomic mass is 16.7. The number of aryl methyl sites for hydroxylation is 1. The maximum absolute atomic E-state index is 12.5. The number of cyclic esters (lactones) is 1. The molecule has 142 valence electrons. The summed E-state index contributed by atoms with van der Waals surface area (Å²) in [5.74, 6) is -0.196. The fourth-order valence-electron chi connectivity index (χ4n) is 3.07. The number of esters is 1. The molecule has 0 bridgehead atoms. The Morgan fingerprint density at radius 1 is 1.31 bits per heavy atom. The first-order valence-corrected chi connectivity index (χ1v) is 9.12. The van der Waals surface area contributed by atoms with Crippen molar-refractivity contribution in [1.82, 2.24) is 0 Å². The molecule has 1 N–H and O–H groups in total. The Balaban J connectivity index is 1.79. The lowest BCUT2D eigenvalue weighted by Gasteiger charge is -2.35. The third-order valence-electron chi connectivity index (χ3n) is 4.49. The molecule has 0 aromatic heterocycles. The summed E-state index contributed by atoms with van der Waals surface area (Å²) in [4.78, 5) is 24.5. The van der Waals surface area contributed by atoms with Crippen molar-refractivity contribution >= 4 is 17.7 Å². The van der Waals surface area contributed by atoms with Crippen LogP contribution in [0.4, 0.5) is 10.5 Å². The normalized spacial score (nSPS) is 22.1. The van der Waals surface area contributed by atoms with Gasteiger partial charge in [0.2, 0.25) is 0 Å². The molecule has 1 fully saturated rings. The molecule has 1 heterocycles. The Kier molecular flexibility index (Phi) is 4.63. The monoisotopic (exact) mass is 361 g/mol. The van der Waals surface area contributed by atoms with Crippen molar-refractivity contribution in [2.24, 2.45) is 5.92 Å². The van der Waals surface area contributed by atoms with Gasteiger partial charge in [-0.2, -0.15) is 0 Å². The summed E-state index contributed by atoms with van der Waals surface area (Å²) in [6.45, 7) is 8.98. The zero-order valence-corrected chi connectivity index (χ0v) is 16.1. The van der Waals surface area contributed by atoms with Gasteiger partial charge in [0.25, 0.3) is 5.79 Å². The van der Waals surface area contributed by atoms with Gasteiger partial charge in [0.1, 0.15) is 16.9 Å². The van der Waals surface area contributed by atoms with Crippen LogP contribution in [0.3, 0.4) is 0 Å². The van der Waals surface area contributed by atoms with Crippen molar-refractivity contribution in [3.63, 3.8) is 0 Å². The SMILES string of the molecule is Cc1cc(NC(=O)OC(C)(C)C)cc2c1C(=O)OC(C)(CCC1CC1)O2. The smallest absolute Gasteiger partial charge is 0.412 e. The lowest BCUT2D eigenvalue weighted by Crippen LogP contribution is -2.42. The number of benzene rings is 1. The number of carbonyl (C=O) groups excluding carboxylic acids is 2. The summed E-state index contributed by atoms with van der Waals surface area (Å²) in [5, 5.41) is 2.70. The fraction of sp³-hybridized carbons (Fsp3) is 0.600. The van der Waals surface area contributed by atoms with Gasteiger partial charge >= 0.3 is 12.1 Å². The quantitative estimate of drug-likeness (QED) is 0.780. The zero-order valence-electron chi connectivity index (χ0n) is 16.1. The van der Waals surface area contributed by atoms with Crippen LogP contribution in [-0.2, 0) is 9.47 Å². The molecule has 26 heavy (non-hydrogen) atoms. The van der Waals surface area contributed by atoms with Crippen LogP contribution < -0.4 is 10.1 Å².